The van der Waals surface area contributed by atoms with E-state index < -0.39 is 0 Å². The Morgan fingerprint density at radius 3 is 3.17 bits per heavy atom. The molecule has 2 unspecified atom stereocenters. The average molecular weight is 169 g/mol. The summed E-state index contributed by atoms with van der Waals surface area (Å²) in [5.74, 6) is 0.753. The van der Waals surface area contributed by atoms with Crippen LogP contribution in [-0.2, 0) is 4.74 Å². The van der Waals surface area contributed by atoms with E-state index in [4.69, 9.17) is 4.74 Å². The molecule has 12 heavy (non-hydrogen) atoms. The lowest BCUT2D eigenvalue weighted by Gasteiger charge is -2.35. The Balaban J connectivity index is 2.00. The average Bonchev–Trinajstić information content (AvgIpc) is 2.25. The highest BCUT2D eigenvalue weighted by molar-refractivity contribution is 4.95. The Morgan fingerprint density at radius 2 is 2.42 bits per heavy atom. The van der Waals surface area contributed by atoms with Crippen LogP contribution in [0.4, 0.5) is 0 Å². The van der Waals surface area contributed by atoms with Gasteiger partial charge in [-0.1, -0.05) is 13.8 Å². The second kappa shape index (κ2) is 3.00. The van der Waals surface area contributed by atoms with Crippen LogP contribution in [0.3, 0.4) is 0 Å². The lowest BCUT2D eigenvalue weighted by atomic mass is 9.90. The maximum atomic E-state index is 6.03. The summed E-state index contributed by atoms with van der Waals surface area (Å²) in [6.07, 6.45) is 4.26. The summed E-state index contributed by atoms with van der Waals surface area (Å²) in [6.45, 7) is 6.70. The van der Waals surface area contributed by atoms with E-state index in [1.807, 2.05) is 0 Å². The first-order valence-corrected chi connectivity index (χ1v) is 5.09. The van der Waals surface area contributed by atoms with Gasteiger partial charge in [0.1, 0.15) is 0 Å². The van der Waals surface area contributed by atoms with Gasteiger partial charge in [-0.15, -0.1) is 0 Å². The Kier molecular flexibility index (Phi) is 2.13. The number of fused-ring (bicyclic) bond motifs is 2. The van der Waals surface area contributed by atoms with Gasteiger partial charge in [-0.3, -0.25) is 0 Å². The topological polar surface area (TPSA) is 21.3 Å². The zero-order valence-electron chi connectivity index (χ0n) is 8.10. The van der Waals surface area contributed by atoms with Gasteiger partial charge < -0.3 is 10.1 Å². The van der Waals surface area contributed by atoms with Crippen LogP contribution in [0.5, 0.6) is 0 Å². The van der Waals surface area contributed by atoms with E-state index in [-0.39, 0.29) is 5.60 Å². The van der Waals surface area contributed by atoms with Crippen molar-refractivity contribution in [3.8, 4) is 0 Å². The summed E-state index contributed by atoms with van der Waals surface area (Å²) in [7, 11) is 0. The quantitative estimate of drug-likeness (QED) is 0.677. The van der Waals surface area contributed by atoms with Crippen LogP contribution >= 0.6 is 0 Å². The number of hydrogen-bond donors (Lipinski definition) is 1. The largest absolute Gasteiger partial charge is 0.369 e. The molecule has 0 aromatic heterocycles. The van der Waals surface area contributed by atoms with Crippen LogP contribution in [0, 0.1) is 5.92 Å². The van der Waals surface area contributed by atoms with Crippen molar-refractivity contribution in [3.05, 3.63) is 0 Å². The third-order valence-corrected chi connectivity index (χ3v) is 2.94. The monoisotopic (exact) mass is 169 g/mol. The van der Waals surface area contributed by atoms with Gasteiger partial charge in [0, 0.05) is 13.1 Å². The molecule has 2 nitrogen and oxygen atoms in total. The molecule has 2 rings (SSSR count). The van der Waals surface area contributed by atoms with E-state index in [0.29, 0.717) is 6.10 Å². The number of hydrogen-bond acceptors (Lipinski definition) is 2. The predicted molar refractivity (Wildman–Crippen MR) is 49.2 cm³/mol. The molecule has 2 bridgehead atoms. The molecule has 2 aliphatic rings. The molecule has 70 valence electrons. The standard InChI is InChI=1S/C10H19NO/c1-8(2)5-10-4-3-9(12-10)6-11-7-10/h8-9,11H,3-7H2,1-2H3. The van der Waals surface area contributed by atoms with Gasteiger partial charge in [0.2, 0.25) is 0 Å². The molecule has 0 spiro atoms. The van der Waals surface area contributed by atoms with Crippen LogP contribution in [-0.4, -0.2) is 24.8 Å². The number of nitrogens with one attached hydrogen (secondary N) is 1. The highest BCUT2D eigenvalue weighted by Crippen LogP contribution is 2.37. The van der Waals surface area contributed by atoms with Gasteiger partial charge in [-0.05, 0) is 25.2 Å². The predicted octanol–water partition coefficient (Wildman–Crippen LogP) is 1.55. The van der Waals surface area contributed by atoms with E-state index >= 15 is 0 Å². The second-order valence-electron chi connectivity index (χ2n) is 4.69. The van der Waals surface area contributed by atoms with E-state index in [1.54, 1.807) is 0 Å². The summed E-state index contributed by atoms with van der Waals surface area (Å²) in [5.41, 5.74) is 0.205. The summed E-state index contributed by atoms with van der Waals surface area (Å²) in [5, 5.41) is 3.47. The maximum absolute atomic E-state index is 6.03. The lowest BCUT2D eigenvalue weighted by Crippen LogP contribution is -2.48. The zero-order chi connectivity index (χ0) is 8.60. The number of ether oxygens (including phenoxy) is 1. The van der Waals surface area contributed by atoms with E-state index in [0.717, 1.165) is 19.0 Å². The number of rotatable bonds is 2. The van der Waals surface area contributed by atoms with Crippen molar-refractivity contribution in [2.45, 2.75) is 44.8 Å². The van der Waals surface area contributed by atoms with E-state index in [2.05, 4.69) is 19.2 Å². The van der Waals surface area contributed by atoms with Crippen molar-refractivity contribution in [1.29, 1.82) is 0 Å². The van der Waals surface area contributed by atoms with Gasteiger partial charge in [0.15, 0.2) is 0 Å². The smallest absolute Gasteiger partial charge is 0.0814 e. The Labute approximate surface area is 74.7 Å². The Hall–Kier alpha value is -0.0800. The minimum Gasteiger partial charge on any atom is -0.369 e. The molecule has 2 aliphatic heterocycles. The first-order valence-electron chi connectivity index (χ1n) is 5.09. The number of morpholine rings is 1. The van der Waals surface area contributed by atoms with Crippen LogP contribution in [0.15, 0.2) is 0 Å². The summed E-state index contributed by atoms with van der Waals surface area (Å²) in [6, 6.07) is 0. The fourth-order valence-corrected chi connectivity index (χ4v) is 2.60. The summed E-state index contributed by atoms with van der Waals surface area (Å²) in [4.78, 5) is 0. The molecule has 2 heteroatoms. The fraction of sp³-hybridized carbons (Fsp3) is 1.00. The summed E-state index contributed by atoms with van der Waals surface area (Å²) < 4.78 is 6.03. The molecule has 0 aliphatic carbocycles. The van der Waals surface area contributed by atoms with Crippen molar-refractivity contribution in [2.75, 3.05) is 13.1 Å². The molecule has 0 saturated carbocycles. The molecule has 1 N–H and O–H groups in total. The molecule has 0 aromatic rings. The molecule has 2 atom stereocenters. The van der Waals surface area contributed by atoms with Crippen LogP contribution in [0.25, 0.3) is 0 Å². The van der Waals surface area contributed by atoms with Gasteiger partial charge in [-0.2, -0.15) is 0 Å². The molecule has 0 aromatic carbocycles. The van der Waals surface area contributed by atoms with Crippen molar-refractivity contribution < 1.29 is 4.74 Å². The third kappa shape index (κ3) is 1.50. The molecule has 0 amide bonds. The van der Waals surface area contributed by atoms with Gasteiger partial charge in [-0.25, -0.2) is 0 Å². The van der Waals surface area contributed by atoms with E-state index in [1.165, 1.54) is 19.3 Å². The van der Waals surface area contributed by atoms with E-state index in [9.17, 15) is 0 Å². The second-order valence-corrected chi connectivity index (χ2v) is 4.69. The molecule has 0 radical (unpaired) electrons. The Morgan fingerprint density at radius 1 is 1.58 bits per heavy atom. The fourth-order valence-electron chi connectivity index (χ4n) is 2.60. The SMILES string of the molecule is CC(C)CC12CCC(CNC1)O2. The van der Waals surface area contributed by atoms with Crippen LogP contribution in [0.2, 0.25) is 0 Å². The lowest BCUT2D eigenvalue weighted by molar-refractivity contribution is -0.0747. The first-order chi connectivity index (χ1) is 5.70. The molecular weight excluding hydrogens is 150 g/mol. The summed E-state index contributed by atoms with van der Waals surface area (Å²) >= 11 is 0. The Bertz CT molecular complexity index is 165. The highest BCUT2D eigenvalue weighted by atomic mass is 16.5. The van der Waals surface area contributed by atoms with Crippen molar-refractivity contribution in [3.63, 3.8) is 0 Å². The normalized spacial score (nSPS) is 40.8. The van der Waals surface area contributed by atoms with Crippen molar-refractivity contribution >= 4 is 0 Å². The molecule has 2 saturated heterocycles. The highest BCUT2D eigenvalue weighted by Gasteiger charge is 2.43. The third-order valence-electron chi connectivity index (χ3n) is 2.94. The minimum absolute atomic E-state index is 0.205. The maximum Gasteiger partial charge on any atom is 0.0814 e. The van der Waals surface area contributed by atoms with Gasteiger partial charge in [0.25, 0.3) is 0 Å². The zero-order valence-corrected chi connectivity index (χ0v) is 8.10. The van der Waals surface area contributed by atoms with Crippen molar-refractivity contribution in [2.24, 2.45) is 5.92 Å². The minimum atomic E-state index is 0.205. The van der Waals surface area contributed by atoms with Gasteiger partial charge in [0.05, 0.1) is 11.7 Å². The van der Waals surface area contributed by atoms with Crippen LogP contribution < -0.4 is 5.32 Å². The first kappa shape index (κ1) is 8.52. The molecular formula is C10H19NO. The molecule has 2 heterocycles. The molecule has 2 fully saturated rings. The van der Waals surface area contributed by atoms with Gasteiger partial charge >= 0.3 is 0 Å². The van der Waals surface area contributed by atoms with Crippen molar-refractivity contribution in [1.82, 2.24) is 5.32 Å². The van der Waals surface area contributed by atoms with Crippen LogP contribution in [0.1, 0.15) is 33.1 Å².